The third-order valence-electron chi connectivity index (χ3n) is 1.73. The predicted octanol–water partition coefficient (Wildman–Crippen LogP) is 2.80. The van der Waals surface area contributed by atoms with Crippen molar-refractivity contribution in [3.8, 4) is 0 Å². The van der Waals surface area contributed by atoms with E-state index in [-0.39, 0.29) is 0 Å². The van der Waals surface area contributed by atoms with Gasteiger partial charge in [-0.2, -0.15) is 13.1 Å². The SMILES string of the molecule is Cc1cc(Br)cc(NS(=O)(=O)NC(C)(C)C)c1. The zero-order chi connectivity index (χ0) is 13.3. The Morgan fingerprint density at radius 1 is 1.18 bits per heavy atom. The van der Waals surface area contributed by atoms with Crippen molar-refractivity contribution in [3.63, 3.8) is 0 Å². The molecule has 0 fully saturated rings. The van der Waals surface area contributed by atoms with Gasteiger partial charge in [0.15, 0.2) is 0 Å². The number of nitrogens with one attached hydrogen (secondary N) is 2. The lowest BCUT2D eigenvalue weighted by Gasteiger charge is -2.21. The van der Waals surface area contributed by atoms with Crippen LogP contribution in [0, 0.1) is 6.92 Å². The molecule has 0 atom stereocenters. The monoisotopic (exact) mass is 320 g/mol. The van der Waals surface area contributed by atoms with Gasteiger partial charge < -0.3 is 0 Å². The topological polar surface area (TPSA) is 58.2 Å². The molecule has 1 aromatic rings. The second kappa shape index (κ2) is 4.96. The van der Waals surface area contributed by atoms with Crippen molar-refractivity contribution in [2.45, 2.75) is 33.2 Å². The molecule has 0 aliphatic rings. The molecule has 17 heavy (non-hydrogen) atoms. The Morgan fingerprint density at radius 3 is 2.24 bits per heavy atom. The van der Waals surface area contributed by atoms with Gasteiger partial charge in [-0.3, -0.25) is 4.72 Å². The van der Waals surface area contributed by atoms with E-state index >= 15 is 0 Å². The van der Waals surface area contributed by atoms with E-state index in [2.05, 4.69) is 25.4 Å². The van der Waals surface area contributed by atoms with Gasteiger partial charge in [0.1, 0.15) is 0 Å². The van der Waals surface area contributed by atoms with Crippen molar-refractivity contribution in [3.05, 3.63) is 28.2 Å². The second-order valence-electron chi connectivity index (χ2n) is 4.97. The van der Waals surface area contributed by atoms with Crippen LogP contribution in [0.3, 0.4) is 0 Å². The molecule has 0 unspecified atom stereocenters. The Kier molecular flexibility index (Phi) is 4.22. The first-order chi connectivity index (χ1) is 7.57. The molecule has 2 N–H and O–H groups in total. The minimum Gasteiger partial charge on any atom is -0.271 e. The quantitative estimate of drug-likeness (QED) is 0.899. The molecule has 0 aliphatic heterocycles. The fourth-order valence-electron chi connectivity index (χ4n) is 1.38. The van der Waals surface area contributed by atoms with Crippen LogP contribution in [0.5, 0.6) is 0 Å². The number of benzene rings is 1. The summed E-state index contributed by atoms with van der Waals surface area (Å²) in [7, 11) is -3.55. The van der Waals surface area contributed by atoms with Gasteiger partial charge in [-0.15, -0.1) is 0 Å². The Bertz CT molecular complexity index is 486. The molecule has 4 nitrogen and oxygen atoms in total. The summed E-state index contributed by atoms with van der Waals surface area (Å²) in [6, 6.07) is 5.40. The van der Waals surface area contributed by atoms with Crippen molar-refractivity contribution in [1.29, 1.82) is 0 Å². The number of anilines is 1. The summed E-state index contributed by atoms with van der Waals surface area (Å²) in [4.78, 5) is 0. The number of rotatable bonds is 3. The van der Waals surface area contributed by atoms with Crippen LogP contribution in [0.2, 0.25) is 0 Å². The van der Waals surface area contributed by atoms with Gasteiger partial charge in [-0.1, -0.05) is 15.9 Å². The van der Waals surface area contributed by atoms with Crippen molar-refractivity contribution < 1.29 is 8.42 Å². The summed E-state index contributed by atoms with van der Waals surface area (Å²) in [5.74, 6) is 0. The molecule has 0 saturated carbocycles. The Labute approximate surface area is 111 Å². The van der Waals surface area contributed by atoms with Gasteiger partial charge in [-0.05, 0) is 51.5 Å². The van der Waals surface area contributed by atoms with E-state index in [4.69, 9.17) is 0 Å². The fraction of sp³-hybridized carbons (Fsp3) is 0.455. The van der Waals surface area contributed by atoms with Gasteiger partial charge >= 0.3 is 0 Å². The van der Waals surface area contributed by atoms with Crippen LogP contribution in [0.4, 0.5) is 5.69 Å². The van der Waals surface area contributed by atoms with Crippen LogP contribution in [-0.2, 0) is 10.2 Å². The van der Waals surface area contributed by atoms with Crippen molar-refractivity contribution in [2.24, 2.45) is 0 Å². The highest BCUT2D eigenvalue weighted by molar-refractivity contribution is 9.10. The summed E-state index contributed by atoms with van der Waals surface area (Å²) in [6.45, 7) is 7.27. The molecule has 0 aromatic heterocycles. The molecule has 1 aromatic carbocycles. The summed E-state index contributed by atoms with van der Waals surface area (Å²) >= 11 is 3.33. The number of halogens is 1. The predicted molar refractivity (Wildman–Crippen MR) is 74.3 cm³/mol. The zero-order valence-corrected chi connectivity index (χ0v) is 12.7. The summed E-state index contributed by atoms with van der Waals surface area (Å²) in [6.07, 6.45) is 0. The van der Waals surface area contributed by atoms with Crippen LogP contribution in [0.25, 0.3) is 0 Å². The first-order valence-corrected chi connectivity index (χ1v) is 7.44. The van der Waals surface area contributed by atoms with E-state index in [0.29, 0.717) is 5.69 Å². The Balaban J connectivity index is 2.91. The molecule has 0 bridgehead atoms. The Hall–Kier alpha value is -0.590. The number of hydrogen-bond donors (Lipinski definition) is 2. The summed E-state index contributed by atoms with van der Waals surface area (Å²) in [5, 5.41) is 0. The second-order valence-corrected chi connectivity index (χ2v) is 7.31. The van der Waals surface area contributed by atoms with Crippen LogP contribution in [0.15, 0.2) is 22.7 Å². The molecule has 0 spiro atoms. The van der Waals surface area contributed by atoms with E-state index in [0.717, 1.165) is 10.0 Å². The molecular formula is C11H17BrN2O2S. The normalized spacial score (nSPS) is 12.5. The smallest absolute Gasteiger partial charge is 0.271 e. The average molecular weight is 321 g/mol. The first kappa shape index (κ1) is 14.5. The van der Waals surface area contributed by atoms with Gasteiger partial charge in [0, 0.05) is 10.0 Å². The minimum atomic E-state index is -3.55. The lowest BCUT2D eigenvalue weighted by Crippen LogP contribution is -2.43. The van der Waals surface area contributed by atoms with E-state index in [1.807, 2.05) is 13.0 Å². The maximum atomic E-state index is 11.8. The maximum absolute atomic E-state index is 11.8. The van der Waals surface area contributed by atoms with Crippen molar-refractivity contribution >= 4 is 31.8 Å². The van der Waals surface area contributed by atoms with Crippen molar-refractivity contribution in [1.82, 2.24) is 4.72 Å². The van der Waals surface area contributed by atoms with E-state index in [9.17, 15) is 8.42 Å². The molecule has 0 saturated heterocycles. The minimum absolute atomic E-state index is 0.507. The molecule has 0 amide bonds. The lowest BCUT2D eigenvalue weighted by molar-refractivity contribution is 0.494. The molecule has 96 valence electrons. The van der Waals surface area contributed by atoms with Gasteiger partial charge in [0.05, 0.1) is 5.69 Å². The van der Waals surface area contributed by atoms with Crippen LogP contribution in [0.1, 0.15) is 26.3 Å². The van der Waals surface area contributed by atoms with Crippen LogP contribution < -0.4 is 9.44 Å². The van der Waals surface area contributed by atoms with Gasteiger partial charge in [0.2, 0.25) is 0 Å². The molecule has 0 aliphatic carbocycles. The Morgan fingerprint density at radius 2 is 1.76 bits per heavy atom. The van der Waals surface area contributed by atoms with Crippen LogP contribution >= 0.6 is 15.9 Å². The number of aryl methyl sites for hydroxylation is 1. The molecule has 1 rings (SSSR count). The largest absolute Gasteiger partial charge is 0.299 e. The van der Waals surface area contributed by atoms with Gasteiger partial charge in [0.25, 0.3) is 10.2 Å². The first-order valence-electron chi connectivity index (χ1n) is 5.16. The van der Waals surface area contributed by atoms with Gasteiger partial charge in [-0.25, -0.2) is 0 Å². The van der Waals surface area contributed by atoms with Crippen molar-refractivity contribution in [2.75, 3.05) is 4.72 Å². The third-order valence-corrected chi connectivity index (χ3v) is 3.58. The molecular weight excluding hydrogens is 304 g/mol. The number of hydrogen-bond acceptors (Lipinski definition) is 2. The van der Waals surface area contributed by atoms with E-state index in [1.165, 1.54) is 0 Å². The zero-order valence-electron chi connectivity index (χ0n) is 10.3. The highest BCUT2D eigenvalue weighted by atomic mass is 79.9. The van der Waals surface area contributed by atoms with Crippen LogP contribution in [-0.4, -0.2) is 14.0 Å². The van der Waals surface area contributed by atoms with E-state index in [1.54, 1.807) is 32.9 Å². The highest BCUT2D eigenvalue weighted by Gasteiger charge is 2.19. The van der Waals surface area contributed by atoms with E-state index < -0.39 is 15.7 Å². The summed E-state index contributed by atoms with van der Waals surface area (Å²) < 4.78 is 29.5. The summed E-state index contributed by atoms with van der Waals surface area (Å²) in [5.41, 5.74) is 1.01. The lowest BCUT2D eigenvalue weighted by atomic mass is 10.1. The molecule has 0 heterocycles. The fourth-order valence-corrected chi connectivity index (χ4v) is 3.27. The highest BCUT2D eigenvalue weighted by Crippen LogP contribution is 2.20. The maximum Gasteiger partial charge on any atom is 0.299 e. The third kappa shape index (κ3) is 5.52. The molecule has 0 radical (unpaired) electrons. The standard InChI is InChI=1S/C11H17BrN2O2S/c1-8-5-9(12)7-10(6-8)13-17(15,16)14-11(2,3)4/h5-7,13-14H,1-4H3. The molecule has 6 heteroatoms. The average Bonchev–Trinajstić information content (AvgIpc) is 1.93.